The molecule has 1 aliphatic rings. The molecular weight excluding hydrogens is 567 g/mol. The summed E-state index contributed by atoms with van der Waals surface area (Å²) in [6.07, 6.45) is 1.06. The van der Waals surface area contributed by atoms with E-state index in [1.165, 1.54) is 36.6 Å². The van der Waals surface area contributed by atoms with Gasteiger partial charge in [-0.25, -0.2) is 12.1 Å². The van der Waals surface area contributed by atoms with Crippen molar-refractivity contribution < 1.29 is 49.0 Å². The predicted molar refractivity (Wildman–Crippen MR) is 147 cm³/mol. The van der Waals surface area contributed by atoms with E-state index in [0.717, 1.165) is 6.42 Å². The first kappa shape index (κ1) is 33.6. The van der Waals surface area contributed by atoms with Crippen LogP contribution in [0, 0.1) is 19.9 Å². The standard InChI is InChI=1S/C21H29Si2.C5H5.C3H6.2ClH.Zr/c1-14-9-16-11-17-10-15(2)21(23(6,7)8)13-19(17)18(16)12-20(14)22(3,4)5;1-2-4-5-3-1;1-3-2;;;/h9,12-13H,11H2,1-8H3;1-5H;1-2H3;2*1H;/q2*-1;;;;+2/p-2. The molecule has 0 fully saturated rings. The minimum atomic E-state index is -1.33. The number of hydrogen-bond acceptors (Lipinski definition) is 0. The van der Waals surface area contributed by atoms with Crippen molar-refractivity contribution in [2.75, 3.05) is 0 Å². The zero-order valence-corrected chi connectivity index (χ0v) is 28.6. The van der Waals surface area contributed by atoms with E-state index in [1.54, 1.807) is 34.6 Å². The van der Waals surface area contributed by atoms with Gasteiger partial charge in [0, 0.05) is 8.07 Å². The van der Waals surface area contributed by atoms with E-state index < -0.39 is 16.1 Å². The van der Waals surface area contributed by atoms with Crippen molar-refractivity contribution in [2.24, 2.45) is 0 Å². The van der Waals surface area contributed by atoms with Crippen molar-refractivity contribution in [1.82, 2.24) is 0 Å². The molecular formula is C29H40Cl2Si2Zr-2. The molecule has 0 heterocycles. The summed E-state index contributed by atoms with van der Waals surface area (Å²) in [5.41, 5.74) is 8.71. The van der Waals surface area contributed by atoms with E-state index in [9.17, 15) is 0 Å². The number of hydrogen-bond donors (Lipinski definition) is 0. The van der Waals surface area contributed by atoms with Gasteiger partial charge in [0.25, 0.3) is 0 Å². The van der Waals surface area contributed by atoms with Crippen molar-refractivity contribution in [3.05, 3.63) is 76.9 Å². The molecule has 1 aliphatic carbocycles. The summed E-state index contributed by atoms with van der Waals surface area (Å²) in [5, 5.41) is 3.18. The topological polar surface area (TPSA) is 0 Å². The van der Waals surface area contributed by atoms with Gasteiger partial charge in [0.05, 0.1) is 8.07 Å². The van der Waals surface area contributed by atoms with Crippen LogP contribution in [0.15, 0.2) is 48.5 Å². The van der Waals surface area contributed by atoms with Gasteiger partial charge in [-0.15, -0.1) is 11.1 Å². The molecule has 0 bridgehead atoms. The molecule has 0 radical (unpaired) electrons. The second-order valence-corrected chi connectivity index (χ2v) is 23.7. The fraction of sp³-hybridized carbons (Fsp3) is 0.379. The van der Waals surface area contributed by atoms with Crippen LogP contribution in [0.5, 0.6) is 0 Å². The molecule has 0 unspecified atom stereocenters. The van der Waals surface area contributed by atoms with Crippen molar-refractivity contribution in [2.45, 2.75) is 73.4 Å². The van der Waals surface area contributed by atoms with Gasteiger partial charge in [-0.2, -0.15) is 41.1 Å². The van der Waals surface area contributed by atoms with Crippen LogP contribution in [0.2, 0.25) is 39.3 Å². The van der Waals surface area contributed by atoms with Crippen LogP contribution in [0.1, 0.15) is 36.1 Å². The molecule has 0 aliphatic heterocycles. The van der Waals surface area contributed by atoms with Crippen LogP contribution in [0.25, 0.3) is 11.1 Å². The second kappa shape index (κ2) is 13.8. The summed E-state index contributed by atoms with van der Waals surface area (Å²) >= 11 is 1.55. The van der Waals surface area contributed by atoms with Crippen molar-refractivity contribution >= 4 is 29.7 Å². The molecule has 0 nitrogen and oxygen atoms in total. The van der Waals surface area contributed by atoms with Gasteiger partial charge >= 0.3 is 41.3 Å². The number of fused-ring (bicyclic) bond motifs is 3. The van der Waals surface area contributed by atoms with Gasteiger partial charge in [0.1, 0.15) is 0 Å². The number of aryl methyl sites for hydroxylation is 2. The largest absolute Gasteiger partial charge is 1.00 e. The summed E-state index contributed by atoms with van der Waals surface area (Å²) < 4.78 is 1.51. The van der Waals surface area contributed by atoms with Gasteiger partial charge < -0.3 is 24.8 Å². The Bertz CT molecular complexity index is 984. The summed E-state index contributed by atoms with van der Waals surface area (Å²) in [6.45, 7) is 23.5. The zero-order chi connectivity index (χ0) is 24.3. The molecule has 3 aromatic rings. The molecule has 3 aromatic carbocycles. The van der Waals surface area contributed by atoms with Gasteiger partial charge in [0.15, 0.2) is 0 Å². The van der Waals surface area contributed by atoms with E-state index in [4.69, 9.17) is 0 Å². The molecule has 184 valence electrons. The Kier molecular flexibility index (Phi) is 13.6. The fourth-order valence-corrected chi connectivity index (χ4v) is 7.94. The minimum absolute atomic E-state index is 0. The van der Waals surface area contributed by atoms with Crippen LogP contribution in [-0.4, -0.2) is 19.4 Å². The van der Waals surface area contributed by atoms with E-state index in [-0.39, 0.29) is 24.8 Å². The molecule has 0 saturated carbocycles. The van der Waals surface area contributed by atoms with Crippen LogP contribution in [-0.2, 0) is 30.7 Å². The zero-order valence-electron chi connectivity index (χ0n) is 22.6. The molecule has 0 saturated heterocycles. The first-order valence-corrected chi connectivity index (χ1v) is 19.8. The fourth-order valence-electron chi connectivity index (χ4n) is 4.34. The summed E-state index contributed by atoms with van der Waals surface area (Å²) in [6, 6.07) is 21.2. The smallest absolute Gasteiger partial charge is 0.0779 e. The monoisotopic (exact) mass is 604 g/mol. The van der Waals surface area contributed by atoms with Crippen LogP contribution in [0.3, 0.4) is 0 Å². The Balaban J connectivity index is 0.000000840. The Morgan fingerprint density at radius 2 is 1.29 bits per heavy atom. The van der Waals surface area contributed by atoms with Crippen LogP contribution >= 0.6 is 0 Å². The third-order valence-corrected chi connectivity index (χ3v) is 9.93. The van der Waals surface area contributed by atoms with Gasteiger partial charge in [-0.05, 0) is 18.9 Å². The first-order chi connectivity index (χ1) is 14.7. The maximum absolute atomic E-state index is 3.73. The molecule has 5 heteroatoms. The molecule has 0 atom stereocenters. The average molecular weight is 607 g/mol. The van der Waals surface area contributed by atoms with Gasteiger partial charge in [-0.1, -0.05) is 74.7 Å². The molecule has 0 spiro atoms. The number of rotatable bonds is 2. The van der Waals surface area contributed by atoms with Crippen molar-refractivity contribution in [1.29, 1.82) is 0 Å². The number of benzene rings is 2. The average Bonchev–Trinajstić information content (AvgIpc) is 3.28. The Labute approximate surface area is 238 Å². The summed E-state index contributed by atoms with van der Waals surface area (Å²) in [4.78, 5) is 0. The van der Waals surface area contributed by atoms with E-state index in [2.05, 4.69) is 91.2 Å². The summed E-state index contributed by atoms with van der Waals surface area (Å²) in [7, 11) is -2.63. The Morgan fingerprint density at radius 3 is 1.71 bits per heavy atom. The Morgan fingerprint density at radius 1 is 0.824 bits per heavy atom. The minimum Gasteiger partial charge on any atom is -1.00 e. The maximum atomic E-state index is 3.73. The molecule has 0 N–H and O–H groups in total. The third-order valence-electron chi connectivity index (χ3n) is 5.64. The van der Waals surface area contributed by atoms with E-state index >= 15 is 0 Å². The van der Waals surface area contributed by atoms with Crippen molar-refractivity contribution in [3.8, 4) is 11.1 Å². The van der Waals surface area contributed by atoms with E-state index in [1.807, 2.05) is 30.3 Å². The van der Waals surface area contributed by atoms with Crippen LogP contribution < -0.4 is 35.2 Å². The summed E-state index contributed by atoms with van der Waals surface area (Å²) in [5.74, 6) is 0. The normalized spacial score (nSPS) is 11.4. The number of halogens is 2. The Hall–Kier alpha value is -0.443. The first-order valence-electron chi connectivity index (χ1n) is 11.6. The second-order valence-electron chi connectivity index (χ2n) is 11.2. The maximum Gasteiger partial charge on any atom is 0.0779 e. The SMILES string of the molecule is C[C](C)=[Zr+2].Cc1[c-]c2c(cc1[Si](C)(C)C)-c1cc([Si](C)(C)C)c(C)cc1C2.[Cl-].[Cl-].c1cc[cH-]c1. The van der Waals surface area contributed by atoms with Gasteiger partial charge in [0.2, 0.25) is 0 Å². The van der Waals surface area contributed by atoms with Crippen LogP contribution in [0.4, 0.5) is 0 Å². The third kappa shape index (κ3) is 9.21. The predicted octanol–water partition coefficient (Wildman–Crippen LogP) is 0.924. The van der Waals surface area contributed by atoms with Gasteiger partial charge in [-0.3, -0.25) is 0 Å². The molecule has 0 aromatic heterocycles. The quantitative estimate of drug-likeness (QED) is 0.235. The van der Waals surface area contributed by atoms with E-state index in [0.29, 0.717) is 0 Å². The molecule has 0 amide bonds. The van der Waals surface area contributed by atoms with Crippen molar-refractivity contribution in [3.63, 3.8) is 0 Å². The molecule has 34 heavy (non-hydrogen) atoms. The molecule has 4 rings (SSSR count).